The van der Waals surface area contributed by atoms with Gasteiger partial charge >= 0.3 is 0 Å². The van der Waals surface area contributed by atoms with Crippen LogP contribution >= 0.6 is 15.9 Å². The van der Waals surface area contributed by atoms with Crippen LogP contribution in [0.25, 0.3) is 11.4 Å². The molecule has 98 valence electrons. The van der Waals surface area contributed by atoms with Crippen LogP contribution in [0.15, 0.2) is 28.7 Å². The molecule has 0 saturated heterocycles. The zero-order valence-electron chi connectivity index (χ0n) is 10.9. The number of hydrogen-bond acceptors (Lipinski definition) is 3. The van der Waals surface area contributed by atoms with Crippen molar-refractivity contribution in [2.45, 2.75) is 32.9 Å². The first-order valence-electron chi connectivity index (χ1n) is 6.63. The first-order valence-corrected chi connectivity index (χ1v) is 7.42. The van der Waals surface area contributed by atoms with Gasteiger partial charge in [0.1, 0.15) is 0 Å². The number of hydrogen-bond donors (Lipinski definition) is 1. The third kappa shape index (κ3) is 2.55. The molecule has 19 heavy (non-hydrogen) atoms. The highest BCUT2D eigenvalue weighted by Gasteiger charge is 2.18. The van der Waals surface area contributed by atoms with Gasteiger partial charge in [-0.05, 0) is 18.6 Å². The molecule has 0 aliphatic carbocycles. The number of nitrogens with zero attached hydrogens (tertiary/aromatic N) is 2. The molecule has 0 radical (unpaired) electrons. The monoisotopic (exact) mass is 317 g/mol. The van der Waals surface area contributed by atoms with Crippen molar-refractivity contribution in [2.24, 2.45) is 0 Å². The van der Waals surface area contributed by atoms with Crippen molar-refractivity contribution < 1.29 is 0 Å². The molecule has 3 nitrogen and oxygen atoms in total. The summed E-state index contributed by atoms with van der Waals surface area (Å²) in [6.45, 7) is 3.96. The van der Waals surface area contributed by atoms with Gasteiger partial charge in [-0.25, -0.2) is 9.97 Å². The Morgan fingerprint density at radius 1 is 1.16 bits per heavy atom. The first-order chi connectivity index (χ1) is 9.28. The van der Waals surface area contributed by atoms with E-state index in [1.165, 1.54) is 11.3 Å². The second-order valence-corrected chi connectivity index (χ2v) is 5.70. The average molecular weight is 318 g/mol. The fourth-order valence-corrected chi connectivity index (χ4v) is 2.67. The van der Waals surface area contributed by atoms with E-state index in [9.17, 15) is 0 Å². The Balaban J connectivity index is 2.07. The third-order valence-electron chi connectivity index (χ3n) is 3.36. The number of nitrogens with one attached hydrogen (secondary N) is 1. The number of aromatic nitrogens is 2. The minimum absolute atomic E-state index is 0.846. The molecule has 0 spiro atoms. The summed E-state index contributed by atoms with van der Waals surface area (Å²) in [5.41, 5.74) is 4.75. The lowest BCUT2D eigenvalue weighted by Crippen LogP contribution is -2.03. The molecule has 0 atom stereocenters. The molecule has 1 aliphatic heterocycles. The van der Waals surface area contributed by atoms with E-state index in [1.807, 2.05) is 12.1 Å². The minimum Gasteiger partial charge on any atom is -0.307 e. The predicted octanol–water partition coefficient (Wildman–Crippen LogP) is 3.46. The summed E-state index contributed by atoms with van der Waals surface area (Å²) in [5, 5.41) is 3.36. The first kappa shape index (κ1) is 12.8. The number of rotatable bonds is 3. The summed E-state index contributed by atoms with van der Waals surface area (Å²) in [4.78, 5) is 9.47. The van der Waals surface area contributed by atoms with Crippen LogP contribution in [-0.2, 0) is 19.5 Å². The lowest BCUT2D eigenvalue weighted by atomic mass is 10.1. The summed E-state index contributed by atoms with van der Waals surface area (Å²) >= 11 is 3.46. The standard InChI is InChI=1S/C15H16BrN3/c1-2-3-13-12-8-17-9-14(12)19-15(18-13)10-4-6-11(16)7-5-10/h4-7,17H,2-3,8-9H2,1H3. The lowest BCUT2D eigenvalue weighted by Gasteiger charge is -2.09. The third-order valence-corrected chi connectivity index (χ3v) is 3.89. The summed E-state index contributed by atoms with van der Waals surface area (Å²) in [7, 11) is 0. The number of halogens is 1. The zero-order chi connectivity index (χ0) is 13.2. The van der Waals surface area contributed by atoms with Gasteiger partial charge in [-0.1, -0.05) is 41.4 Å². The van der Waals surface area contributed by atoms with Crippen LogP contribution in [0.1, 0.15) is 30.3 Å². The number of fused-ring (bicyclic) bond motifs is 1. The van der Waals surface area contributed by atoms with Crippen LogP contribution < -0.4 is 5.32 Å². The van der Waals surface area contributed by atoms with Crippen LogP contribution in [0.3, 0.4) is 0 Å². The molecule has 0 saturated carbocycles. The maximum Gasteiger partial charge on any atom is 0.159 e. The SMILES string of the molecule is CCCc1nc(-c2ccc(Br)cc2)nc2c1CNC2. The van der Waals surface area contributed by atoms with Gasteiger partial charge in [0.15, 0.2) is 5.82 Å². The highest BCUT2D eigenvalue weighted by molar-refractivity contribution is 9.10. The van der Waals surface area contributed by atoms with Crippen molar-refractivity contribution in [3.05, 3.63) is 45.7 Å². The van der Waals surface area contributed by atoms with Crippen LogP contribution in [0, 0.1) is 0 Å². The van der Waals surface area contributed by atoms with Gasteiger partial charge < -0.3 is 5.32 Å². The molecule has 0 fully saturated rings. The van der Waals surface area contributed by atoms with E-state index in [2.05, 4.69) is 40.3 Å². The van der Waals surface area contributed by atoms with Crippen molar-refractivity contribution in [3.8, 4) is 11.4 Å². The molecule has 4 heteroatoms. The summed E-state index contributed by atoms with van der Waals surface area (Å²) in [5.74, 6) is 0.846. The lowest BCUT2D eigenvalue weighted by molar-refractivity contribution is 0.753. The topological polar surface area (TPSA) is 37.8 Å². The van der Waals surface area contributed by atoms with E-state index in [1.54, 1.807) is 0 Å². The van der Waals surface area contributed by atoms with Gasteiger partial charge in [0, 0.05) is 34.4 Å². The zero-order valence-corrected chi connectivity index (χ0v) is 12.5. The second kappa shape index (κ2) is 5.39. The molecule has 1 aromatic heterocycles. The Labute approximate surface area is 121 Å². The Bertz CT molecular complexity index is 593. The summed E-state index contributed by atoms with van der Waals surface area (Å²) in [6.07, 6.45) is 2.14. The Morgan fingerprint density at radius 3 is 2.68 bits per heavy atom. The van der Waals surface area contributed by atoms with E-state index >= 15 is 0 Å². The van der Waals surface area contributed by atoms with Crippen molar-refractivity contribution in [3.63, 3.8) is 0 Å². The highest BCUT2D eigenvalue weighted by atomic mass is 79.9. The molecule has 2 aromatic rings. The summed E-state index contributed by atoms with van der Waals surface area (Å²) in [6, 6.07) is 8.18. The van der Waals surface area contributed by atoms with Gasteiger partial charge in [0.25, 0.3) is 0 Å². The Morgan fingerprint density at radius 2 is 1.95 bits per heavy atom. The van der Waals surface area contributed by atoms with Crippen LogP contribution in [-0.4, -0.2) is 9.97 Å². The largest absolute Gasteiger partial charge is 0.307 e. The molecule has 3 rings (SSSR count). The summed E-state index contributed by atoms with van der Waals surface area (Å²) < 4.78 is 1.08. The predicted molar refractivity (Wildman–Crippen MR) is 79.7 cm³/mol. The number of benzene rings is 1. The average Bonchev–Trinajstić information content (AvgIpc) is 2.88. The highest BCUT2D eigenvalue weighted by Crippen LogP contribution is 2.24. The van der Waals surface area contributed by atoms with Crippen molar-refractivity contribution >= 4 is 15.9 Å². The molecular weight excluding hydrogens is 302 g/mol. The van der Waals surface area contributed by atoms with E-state index in [-0.39, 0.29) is 0 Å². The molecule has 0 unspecified atom stereocenters. The van der Waals surface area contributed by atoms with Crippen molar-refractivity contribution in [1.82, 2.24) is 15.3 Å². The normalized spacial score (nSPS) is 13.6. The quantitative estimate of drug-likeness (QED) is 0.942. The van der Waals surface area contributed by atoms with Gasteiger partial charge in [0.2, 0.25) is 0 Å². The molecule has 0 amide bonds. The van der Waals surface area contributed by atoms with Crippen LogP contribution in [0.4, 0.5) is 0 Å². The smallest absolute Gasteiger partial charge is 0.159 e. The van der Waals surface area contributed by atoms with Gasteiger partial charge in [0.05, 0.1) is 5.69 Å². The molecular formula is C15H16BrN3. The van der Waals surface area contributed by atoms with E-state index in [4.69, 9.17) is 9.97 Å². The van der Waals surface area contributed by atoms with E-state index in [0.29, 0.717) is 0 Å². The molecule has 1 aromatic carbocycles. The Kier molecular flexibility index (Phi) is 3.62. The Hall–Kier alpha value is -1.26. The molecule has 2 heterocycles. The molecule has 1 aliphatic rings. The van der Waals surface area contributed by atoms with Gasteiger partial charge in [-0.2, -0.15) is 0 Å². The fourth-order valence-electron chi connectivity index (χ4n) is 2.41. The van der Waals surface area contributed by atoms with Crippen LogP contribution in [0.5, 0.6) is 0 Å². The number of aryl methyl sites for hydroxylation is 1. The minimum atomic E-state index is 0.846. The molecule has 0 bridgehead atoms. The van der Waals surface area contributed by atoms with Gasteiger partial charge in [-0.3, -0.25) is 0 Å². The van der Waals surface area contributed by atoms with Crippen molar-refractivity contribution in [1.29, 1.82) is 0 Å². The second-order valence-electron chi connectivity index (χ2n) is 4.78. The van der Waals surface area contributed by atoms with E-state index < -0.39 is 0 Å². The fraction of sp³-hybridized carbons (Fsp3) is 0.333. The maximum atomic E-state index is 4.77. The maximum absolute atomic E-state index is 4.77. The van der Waals surface area contributed by atoms with Crippen LogP contribution in [0.2, 0.25) is 0 Å². The van der Waals surface area contributed by atoms with Crippen molar-refractivity contribution in [2.75, 3.05) is 0 Å². The van der Waals surface area contributed by atoms with Gasteiger partial charge in [-0.15, -0.1) is 0 Å². The van der Waals surface area contributed by atoms with E-state index in [0.717, 1.165) is 47.5 Å². The molecule has 1 N–H and O–H groups in total.